The third kappa shape index (κ3) is 4.99. The van der Waals surface area contributed by atoms with Gasteiger partial charge in [-0.25, -0.2) is 4.79 Å². The lowest BCUT2D eigenvalue weighted by Crippen LogP contribution is -2.16. The van der Waals surface area contributed by atoms with Crippen LogP contribution in [0.25, 0.3) is 22.5 Å². The SMILES string of the molecule is CC(OC(=O)Nc1cnoc1-c1ccc(-c2ccc(CC(=O)O)cc2)c2c1C(=O)CC2)c1ccccc1. The van der Waals surface area contributed by atoms with E-state index in [1.54, 1.807) is 25.1 Å². The number of carboxylic acid groups (broad SMARTS) is 1. The summed E-state index contributed by atoms with van der Waals surface area (Å²) in [6.45, 7) is 1.78. The molecule has 1 aliphatic carbocycles. The van der Waals surface area contributed by atoms with E-state index in [1.165, 1.54) is 6.20 Å². The summed E-state index contributed by atoms with van der Waals surface area (Å²) in [6.07, 6.45) is 1.14. The van der Waals surface area contributed by atoms with Crippen molar-refractivity contribution >= 4 is 23.5 Å². The fourth-order valence-electron chi connectivity index (χ4n) is 4.64. The third-order valence-corrected chi connectivity index (χ3v) is 6.42. The Balaban J connectivity index is 1.42. The average Bonchev–Trinajstić information content (AvgIpc) is 3.51. The number of carbonyl (C=O) groups is 3. The first-order valence-electron chi connectivity index (χ1n) is 11.9. The van der Waals surface area contributed by atoms with Crippen LogP contribution in [0, 0.1) is 0 Å². The van der Waals surface area contributed by atoms with Gasteiger partial charge in [-0.1, -0.05) is 65.8 Å². The molecule has 8 heteroatoms. The maximum Gasteiger partial charge on any atom is 0.412 e. The van der Waals surface area contributed by atoms with E-state index in [1.807, 2.05) is 48.5 Å². The van der Waals surface area contributed by atoms with Crippen molar-refractivity contribution in [2.75, 3.05) is 5.32 Å². The number of aromatic nitrogens is 1. The minimum Gasteiger partial charge on any atom is -0.481 e. The van der Waals surface area contributed by atoms with Gasteiger partial charge in [-0.3, -0.25) is 14.9 Å². The molecule has 3 aromatic carbocycles. The van der Waals surface area contributed by atoms with Gasteiger partial charge >= 0.3 is 12.1 Å². The topological polar surface area (TPSA) is 119 Å². The summed E-state index contributed by atoms with van der Waals surface area (Å²) < 4.78 is 11.0. The summed E-state index contributed by atoms with van der Waals surface area (Å²) in [6, 6.07) is 20.4. The maximum atomic E-state index is 12.9. The van der Waals surface area contributed by atoms with Crippen LogP contribution in [0.4, 0.5) is 10.5 Å². The highest BCUT2D eigenvalue weighted by atomic mass is 16.6. The summed E-state index contributed by atoms with van der Waals surface area (Å²) in [5.41, 5.74) is 5.63. The quantitative estimate of drug-likeness (QED) is 0.318. The van der Waals surface area contributed by atoms with Crippen molar-refractivity contribution in [1.82, 2.24) is 5.16 Å². The maximum absolute atomic E-state index is 12.9. The van der Waals surface area contributed by atoms with Gasteiger partial charge in [-0.15, -0.1) is 0 Å². The van der Waals surface area contributed by atoms with Crippen molar-refractivity contribution in [1.29, 1.82) is 0 Å². The first-order valence-corrected chi connectivity index (χ1v) is 11.9. The highest BCUT2D eigenvalue weighted by Gasteiger charge is 2.29. The zero-order chi connectivity index (χ0) is 25.9. The summed E-state index contributed by atoms with van der Waals surface area (Å²) in [4.78, 5) is 36.5. The summed E-state index contributed by atoms with van der Waals surface area (Å²) in [7, 11) is 0. The minimum atomic E-state index is -0.890. The average molecular weight is 497 g/mol. The molecule has 1 aromatic heterocycles. The molecule has 0 bridgehead atoms. The lowest BCUT2D eigenvalue weighted by Gasteiger charge is -2.15. The lowest BCUT2D eigenvalue weighted by molar-refractivity contribution is -0.136. The monoisotopic (exact) mass is 496 g/mol. The number of rotatable bonds is 7. The molecule has 186 valence electrons. The van der Waals surface area contributed by atoms with Crippen molar-refractivity contribution in [3.05, 3.63) is 95.2 Å². The van der Waals surface area contributed by atoms with Crippen molar-refractivity contribution in [3.8, 4) is 22.5 Å². The number of hydrogen-bond donors (Lipinski definition) is 2. The summed E-state index contributed by atoms with van der Waals surface area (Å²) >= 11 is 0. The molecule has 2 N–H and O–H groups in total. The van der Waals surface area contributed by atoms with E-state index in [-0.39, 0.29) is 18.0 Å². The molecular weight excluding hydrogens is 472 g/mol. The number of hydrogen-bond acceptors (Lipinski definition) is 6. The third-order valence-electron chi connectivity index (χ3n) is 6.42. The molecule has 0 radical (unpaired) electrons. The highest BCUT2D eigenvalue weighted by molar-refractivity contribution is 6.09. The van der Waals surface area contributed by atoms with Crippen molar-refractivity contribution in [2.45, 2.75) is 32.3 Å². The molecule has 8 nitrogen and oxygen atoms in total. The Morgan fingerprint density at radius 1 is 1.03 bits per heavy atom. The molecule has 5 rings (SSSR count). The molecule has 1 heterocycles. The number of nitrogens with zero attached hydrogens (tertiary/aromatic N) is 1. The number of ether oxygens (including phenoxy) is 1. The molecule has 1 unspecified atom stereocenters. The number of carboxylic acids is 1. The van der Waals surface area contributed by atoms with Gasteiger partial charge in [0.1, 0.15) is 11.8 Å². The van der Waals surface area contributed by atoms with Crippen LogP contribution in [0.15, 0.2) is 77.4 Å². The Morgan fingerprint density at radius 3 is 2.49 bits per heavy atom. The molecular formula is C29H24N2O6. The Morgan fingerprint density at radius 2 is 1.76 bits per heavy atom. The number of fused-ring (bicyclic) bond motifs is 1. The van der Waals surface area contributed by atoms with Crippen LogP contribution in [0.1, 0.15) is 46.5 Å². The predicted octanol–water partition coefficient (Wildman–Crippen LogP) is 6.07. The minimum absolute atomic E-state index is 0.0167. The Hall–Kier alpha value is -4.72. The second-order valence-corrected chi connectivity index (χ2v) is 8.86. The number of ketones is 1. The van der Waals surface area contributed by atoms with Crippen LogP contribution in [0.3, 0.4) is 0 Å². The first-order chi connectivity index (χ1) is 17.9. The van der Waals surface area contributed by atoms with Crippen LogP contribution in [-0.2, 0) is 22.4 Å². The molecule has 0 spiro atoms. The molecule has 1 amide bonds. The van der Waals surface area contributed by atoms with Crippen molar-refractivity contribution < 1.29 is 28.8 Å². The number of aliphatic carboxylic acids is 1. The Labute approximate surface area is 212 Å². The van der Waals surface area contributed by atoms with E-state index in [4.69, 9.17) is 14.4 Å². The number of carbonyl (C=O) groups excluding carboxylic acids is 2. The fourth-order valence-corrected chi connectivity index (χ4v) is 4.64. The Kier molecular flexibility index (Phi) is 6.55. The number of nitrogens with one attached hydrogen (secondary N) is 1. The fraction of sp³-hybridized carbons (Fsp3) is 0.172. The van der Waals surface area contributed by atoms with Gasteiger partial charge in [0.05, 0.1) is 12.6 Å². The van der Waals surface area contributed by atoms with E-state index in [0.29, 0.717) is 35.2 Å². The van der Waals surface area contributed by atoms with Crippen molar-refractivity contribution in [2.24, 2.45) is 0 Å². The molecule has 0 aliphatic heterocycles. The number of Topliss-reactive ketones (excluding diaryl/α,β-unsaturated/α-hetero) is 1. The second-order valence-electron chi connectivity index (χ2n) is 8.86. The van der Waals surface area contributed by atoms with Gasteiger partial charge in [0.2, 0.25) is 0 Å². The normalized spacial score (nSPS) is 13.2. The molecule has 0 saturated carbocycles. The van der Waals surface area contributed by atoms with Gasteiger partial charge < -0.3 is 14.4 Å². The van der Waals surface area contributed by atoms with Crippen LogP contribution < -0.4 is 5.32 Å². The van der Waals surface area contributed by atoms with Gasteiger partial charge in [-0.05, 0) is 47.2 Å². The second kappa shape index (κ2) is 10.1. The van der Waals surface area contributed by atoms with Crippen LogP contribution in [-0.4, -0.2) is 28.1 Å². The van der Waals surface area contributed by atoms with E-state index >= 15 is 0 Å². The Bertz CT molecular complexity index is 1470. The largest absolute Gasteiger partial charge is 0.481 e. The number of anilines is 1. The molecule has 37 heavy (non-hydrogen) atoms. The van der Waals surface area contributed by atoms with Crippen molar-refractivity contribution in [3.63, 3.8) is 0 Å². The van der Waals surface area contributed by atoms with E-state index in [2.05, 4.69) is 10.5 Å². The van der Waals surface area contributed by atoms with Gasteiger partial charge in [-0.2, -0.15) is 0 Å². The smallest absolute Gasteiger partial charge is 0.412 e. The molecule has 1 atom stereocenters. The van der Waals surface area contributed by atoms with E-state index in [9.17, 15) is 14.4 Å². The van der Waals surface area contributed by atoms with E-state index in [0.717, 1.165) is 22.3 Å². The zero-order valence-corrected chi connectivity index (χ0v) is 20.1. The van der Waals surface area contributed by atoms with Gasteiger partial charge in [0.15, 0.2) is 11.5 Å². The van der Waals surface area contributed by atoms with Crippen LogP contribution in [0.5, 0.6) is 0 Å². The first kappa shape index (κ1) is 24.0. The summed E-state index contributed by atoms with van der Waals surface area (Å²) in [5, 5.41) is 15.6. The standard InChI is InChI=1S/C29H24N2O6/c1-17(19-5-3-2-4-6-19)36-29(35)31-24-16-30-37-28(24)23-12-11-21(22-13-14-25(32)27(22)23)20-9-7-18(8-10-20)15-26(33)34/h2-12,16-17H,13-15H2,1H3,(H,31,35)(H,33,34). The van der Waals surface area contributed by atoms with Crippen LogP contribution >= 0.6 is 0 Å². The number of benzene rings is 3. The molecule has 4 aromatic rings. The zero-order valence-electron chi connectivity index (χ0n) is 20.1. The molecule has 0 fully saturated rings. The number of amides is 1. The molecule has 0 saturated heterocycles. The summed E-state index contributed by atoms with van der Waals surface area (Å²) in [5.74, 6) is -0.630. The lowest BCUT2D eigenvalue weighted by atomic mass is 9.91. The molecule has 1 aliphatic rings. The van der Waals surface area contributed by atoms with Gasteiger partial charge in [0, 0.05) is 17.5 Å². The van der Waals surface area contributed by atoms with Gasteiger partial charge in [0.25, 0.3) is 0 Å². The highest BCUT2D eigenvalue weighted by Crippen LogP contribution is 2.41. The van der Waals surface area contributed by atoms with Crippen LogP contribution in [0.2, 0.25) is 0 Å². The van der Waals surface area contributed by atoms with E-state index < -0.39 is 18.2 Å². The predicted molar refractivity (Wildman–Crippen MR) is 136 cm³/mol.